The molecule has 1 aliphatic rings. The van der Waals surface area contributed by atoms with Crippen molar-refractivity contribution in [1.82, 2.24) is 9.88 Å². The highest BCUT2D eigenvalue weighted by molar-refractivity contribution is 5.78. The molecule has 0 unspecified atom stereocenters. The fraction of sp³-hybridized carbons (Fsp3) is 0.294. The molecule has 0 spiro atoms. The molecule has 1 aliphatic heterocycles. The van der Waals surface area contributed by atoms with Crippen LogP contribution in [0, 0.1) is 5.82 Å². The zero-order valence-electron chi connectivity index (χ0n) is 12.7. The zero-order valence-corrected chi connectivity index (χ0v) is 12.7. The molecule has 0 aliphatic carbocycles. The second-order valence-electron chi connectivity index (χ2n) is 5.30. The highest BCUT2D eigenvalue weighted by Gasteiger charge is 2.21. The van der Waals surface area contributed by atoms with Gasteiger partial charge in [0.15, 0.2) is 6.61 Å². The SMILES string of the molecule is O=C(COc1ccc(F)cc1)N1CCN(c2ccccn2)CC1. The van der Waals surface area contributed by atoms with Crippen LogP contribution in [0.15, 0.2) is 48.7 Å². The highest BCUT2D eigenvalue weighted by atomic mass is 19.1. The lowest BCUT2D eigenvalue weighted by atomic mass is 10.3. The third kappa shape index (κ3) is 3.97. The Hall–Kier alpha value is -2.63. The molecule has 1 fully saturated rings. The van der Waals surface area contributed by atoms with E-state index in [-0.39, 0.29) is 18.3 Å². The first-order valence-corrected chi connectivity index (χ1v) is 7.54. The van der Waals surface area contributed by atoms with Crippen LogP contribution in [0.4, 0.5) is 10.2 Å². The zero-order chi connectivity index (χ0) is 16.1. The number of rotatable bonds is 4. The smallest absolute Gasteiger partial charge is 0.260 e. The van der Waals surface area contributed by atoms with Crippen LogP contribution in [0.1, 0.15) is 0 Å². The highest BCUT2D eigenvalue weighted by Crippen LogP contribution is 2.14. The molecule has 0 radical (unpaired) electrons. The molecule has 0 bridgehead atoms. The van der Waals surface area contributed by atoms with E-state index in [1.54, 1.807) is 11.1 Å². The molecule has 1 saturated heterocycles. The molecule has 6 heteroatoms. The third-order valence-corrected chi connectivity index (χ3v) is 3.78. The van der Waals surface area contributed by atoms with Crippen LogP contribution in [0.5, 0.6) is 5.75 Å². The molecule has 0 N–H and O–H groups in total. The summed E-state index contributed by atoms with van der Waals surface area (Å²) in [5.74, 6) is 1.04. The number of carbonyl (C=O) groups excluding carboxylic acids is 1. The van der Waals surface area contributed by atoms with Gasteiger partial charge in [0.1, 0.15) is 17.4 Å². The lowest BCUT2D eigenvalue weighted by Crippen LogP contribution is -2.50. The molecule has 2 heterocycles. The van der Waals surface area contributed by atoms with Crippen molar-refractivity contribution in [2.45, 2.75) is 0 Å². The summed E-state index contributed by atoms with van der Waals surface area (Å²) in [5, 5.41) is 0. The Morgan fingerprint density at radius 3 is 2.48 bits per heavy atom. The monoisotopic (exact) mass is 315 g/mol. The number of carbonyl (C=O) groups is 1. The second kappa shape index (κ2) is 7.09. The van der Waals surface area contributed by atoms with Crippen LogP contribution in [0.25, 0.3) is 0 Å². The summed E-state index contributed by atoms with van der Waals surface area (Å²) in [7, 11) is 0. The van der Waals surface area contributed by atoms with E-state index in [2.05, 4.69) is 9.88 Å². The van der Waals surface area contributed by atoms with Gasteiger partial charge in [-0.05, 0) is 36.4 Å². The molecule has 23 heavy (non-hydrogen) atoms. The van der Waals surface area contributed by atoms with Gasteiger partial charge in [-0.1, -0.05) is 6.07 Å². The van der Waals surface area contributed by atoms with Gasteiger partial charge in [-0.2, -0.15) is 0 Å². The molecule has 0 atom stereocenters. The normalized spacial score (nSPS) is 14.7. The maximum absolute atomic E-state index is 12.8. The molecular weight excluding hydrogens is 297 g/mol. The predicted octanol–water partition coefficient (Wildman–Crippen LogP) is 1.95. The number of hydrogen-bond acceptors (Lipinski definition) is 4. The summed E-state index contributed by atoms with van der Waals surface area (Å²) in [6.45, 7) is 2.75. The van der Waals surface area contributed by atoms with Crippen LogP contribution in [-0.4, -0.2) is 48.6 Å². The largest absolute Gasteiger partial charge is 0.484 e. The maximum atomic E-state index is 12.8. The van der Waals surface area contributed by atoms with Crippen molar-refractivity contribution in [3.8, 4) is 5.75 Å². The summed E-state index contributed by atoms with van der Waals surface area (Å²) in [6.07, 6.45) is 1.77. The summed E-state index contributed by atoms with van der Waals surface area (Å²) in [6, 6.07) is 11.5. The molecule has 1 aromatic heterocycles. The Morgan fingerprint density at radius 2 is 1.83 bits per heavy atom. The van der Waals surface area contributed by atoms with E-state index in [1.807, 2.05) is 18.2 Å². The van der Waals surface area contributed by atoms with Crippen molar-refractivity contribution in [3.63, 3.8) is 0 Å². The molecule has 1 amide bonds. The van der Waals surface area contributed by atoms with Crippen LogP contribution in [0.2, 0.25) is 0 Å². The lowest BCUT2D eigenvalue weighted by Gasteiger charge is -2.35. The molecule has 1 aromatic carbocycles. The number of aromatic nitrogens is 1. The Labute approximate surface area is 134 Å². The molecule has 5 nitrogen and oxygen atoms in total. The van der Waals surface area contributed by atoms with Gasteiger partial charge < -0.3 is 14.5 Å². The number of anilines is 1. The molecular formula is C17H18FN3O2. The van der Waals surface area contributed by atoms with E-state index in [0.717, 1.165) is 18.9 Å². The summed E-state index contributed by atoms with van der Waals surface area (Å²) in [4.78, 5) is 20.4. The van der Waals surface area contributed by atoms with E-state index in [1.165, 1.54) is 24.3 Å². The number of halogens is 1. The van der Waals surface area contributed by atoms with Crippen molar-refractivity contribution in [3.05, 3.63) is 54.5 Å². The molecule has 2 aromatic rings. The van der Waals surface area contributed by atoms with Crippen LogP contribution in [-0.2, 0) is 4.79 Å². The number of hydrogen-bond donors (Lipinski definition) is 0. The Balaban J connectivity index is 1.47. The van der Waals surface area contributed by atoms with Crippen LogP contribution >= 0.6 is 0 Å². The summed E-state index contributed by atoms with van der Waals surface area (Å²) in [5.41, 5.74) is 0. The minimum Gasteiger partial charge on any atom is -0.484 e. The van der Waals surface area contributed by atoms with E-state index in [9.17, 15) is 9.18 Å². The Kier molecular flexibility index (Phi) is 4.71. The molecule has 0 saturated carbocycles. The van der Waals surface area contributed by atoms with E-state index in [4.69, 9.17) is 4.74 Å². The van der Waals surface area contributed by atoms with Gasteiger partial charge in [0.2, 0.25) is 0 Å². The number of nitrogens with zero attached hydrogens (tertiary/aromatic N) is 3. The number of pyridine rings is 1. The van der Waals surface area contributed by atoms with Crippen molar-refractivity contribution in [1.29, 1.82) is 0 Å². The predicted molar refractivity (Wildman–Crippen MR) is 84.9 cm³/mol. The van der Waals surface area contributed by atoms with E-state index < -0.39 is 0 Å². The minimum absolute atomic E-state index is 0.0325. The van der Waals surface area contributed by atoms with E-state index in [0.29, 0.717) is 18.8 Å². The number of amides is 1. The molecule has 120 valence electrons. The van der Waals surface area contributed by atoms with Crippen molar-refractivity contribution in [2.24, 2.45) is 0 Å². The first-order chi connectivity index (χ1) is 11.2. The van der Waals surface area contributed by atoms with Crippen LogP contribution < -0.4 is 9.64 Å². The summed E-state index contributed by atoms with van der Waals surface area (Å²) < 4.78 is 18.2. The number of piperazine rings is 1. The van der Waals surface area contributed by atoms with Crippen molar-refractivity contribution in [2.75, 3.05) is 37.7 Å². The maximum Gasteiger partial charge on any atom is 0.260 e. The average molecular weight is 315 g/mol. The average Bonchev–Trinajstić information content (AvgIpc) is 2.62. The fourth-order valence-corrected chi connectivity index (χ4v) is 2.49. The van der Waals surface area contributed by atoms with Crippen LogP contribution in [0.3, 0.4) is 0 Å². The first-order valence-electron chi connectivity index (χ1n) is 7.54. The van der Waals surface area contributed by atoms with Gasteiger partial charge >= 0.3 is 0 Å². The van der Waals surface area contributed by atoms with Gasteiger partial charge in [-0.15, -0.1) is 0 Å². The minimum atomic E-state index is -0.325. The van der Waals surface area contributed by atoms with Crippen molar-refractivity contribution < 1.29 is 13.9 Å². The standard InChI is InChI=1S/C17H18FN3O2/c18-14-4-6-15(7-5-14)23-13-17(22)21-11-9-20(10-12-21)16-3-1-2-8-19-16/h1-8H,9-13H2. The third-order valence-electron chi connectivity index (χ3n) is 3.78. The Bertz CT molecular complexity index is 641. The van der Waals surface area contributed by atoms with Gasteiger partial charge in [0.05, 0.1) is 0 Å². The topological polar surface area (TPSA) is 45.7 Å². The first kappa shape index (κ1) is 15.3. The Morgan fingerprint density at radius 1 is 1.09 bits per heavy atom. The quantitative estimate of drug-likeness (QED) is 0.865. The molecule has 3 rings (SSSR count). The van der Waals surface area contributed by atoms with E-state index >= 15 is 0 Å². The lowest BCUT2D eigenvalue weighted by molar-refractivity contribution is -0.133. The summed E-state index contributed by atoms with van der Waals surface area (Å²) >= 11 is 0. The second-order valence-corrected chi connectivity index (χ2v) is 5.30. The van der Waals surface area contributed by atoms with Gasteiger partial charge in [0.25, 0.3) is 5.91 Å². The van der Waals surface area contributed by atoms with Gasteiger partial charge in [-0.25, -0.2) is 9.37 Å². The van der Waals surface area contributed by atoms with Gasteiger partial charge in [0, 0.05) is 32.4 Å². The number of ether oxygens (including phenoxy) is 1. The van der Waals surface area contributed by atoms with Crippen molar-refractivity contribution >= 4 is 11.7 Å². The number of benzene rings is 1. The fourth-order valence-electron chi connectivity index (χ4n) is 2.49. The van der Waals surface area contributed by atoms with Gasteiger partial charge in [-0.3, -0.25) is 4.79 Å².